The Balaban J connectivity index is 1.88. The van der Waals surface area contributed by atoms with Crippen LogP contribution in [0.2, 0.25) is 5.02 Å². The standard InChI is InChI=1S/C20H20ClFN2O3S/c1-13-10-15(14(2)24(13)18-7-5-17(22)6-8-18)12-23-28(25,26)20-11-16(21)4-9-19(20)27-3/h4-11,23H,12H2,1-3H3. The topological polar surface area (TPSA) is 60.3 Å². The van der Waals surface area contributed by atoms with Crippen LogP contribution in [0.25, 0.3) is 5.69 Å². The second-order valence-electron chi connectivity index (χ2n) is 6.33. The summed E-state index contributed by atoms with van der Waals surface area (Å²) < 4.78 is 48.4. The normalized spacial score (nSPS) is 11.6. The summed E-state index contributed by atoms with van der Waals surface area (Å²) in [7, 11) is -2.43. The highest BCUT2D eigenvalue weighted by Gasteiger charge is 2.21. The summed E-state index contributed by atoms with van der Waals surface area (Å²) in [6.45, 7) is 3.90. The second kappa shape index (κ2) is 7.95. The predicted octanol–water partition coefficient (Wildman–Crippen LogP) is 4.37. The van der Waals surface area contributed by atoms with E-state index in [1.54, 1.807) is 18.2 Å². The molecule has 5 nitrogen and oxygen atoms in total. The number of hydrogen-bond donors (Lipinski definition) is 1. The van der Waals surface area contributed by atoms with Crippen molar-refractivity contribution >= 4 is 21.6 Å². The number of methoxy groups -OCH3 is 1. The van der Waals surface area contributed by atoms with Crippen LogP contribution in [0.15, 0.2) is 53.4 Å². The molecule has 3 rings (SSSR count). The van der Waals surface area contributed by atoms with Crippen molar-refractivity contribution in [3.63, 3.8) is 0 Å². The van der Waals surface area contributed by atoms with Crippen molar-refractivity contribution in [2.75, 3.05) is 7.11 Å². The maximum atomic E-state index is 13.2. The lowest BCUT2D eigenvalue weighted by Gasteiger charge is -2.12. The molecule has 0 amide bonds. The number of sulfonamides is 1. The van der Waals surface area contributed by atoms with E-state index in [9.17, 15) is 12.8 Å². The first-order chi connectivity index (χ1) is 13.2. The van der Waals surface area contributed by atoms with Gasteiger partial charge in [0, 0.05) is 28.6 Å². The van der Waals surface area contributed by atoms with Crippen LogP contribution >= 0.6 is 11.6 Å². The van der Waals surface area contributed by atoms with E-state index < -0.39 is 10.0 Å². The van der Waals surface area contributed by atoms with Gasteiger partial charge in [-0.05, 0) is 67.9 Å². The van der Waals surface area contributed by atoms with Crippen molar-refractivity contribution in [1.29, 1.82) is 0 Å². The van der Waals surface area contributed by atoms with Crippen LogP contribution in [0.3, 0.4) is 0 Å². The number of nitrogens with zero attached hydrogens (tertiary/aromatic N) is 1. The van der Waals surface area contributed by atoms with Crippen LogP contribution in [-0.2, 0) is 16.6 Å². The molecular formula is C20H20ClFN2O3S. The Morgan fingerprint density at radius 2 is 1.79 bits per heavy atom. The molecule has 0 unspecified atom stereocenters. The number of aryl methyl sites for hydroxylation is 1. The summed E-state index contributed by atoms with van der Waals surface area (Å²) in [5.41, 5.74) is 3.40. The Morgan fingerprint density at radius 1 is 1.11 bits per heavy atom. The Hall–Kier alpha value is -2.35. The molecule has 0 aliphatic heterocycles. The second-order valence-corrected chi connectivity index (χ2v) is 8.50. The van der Waals surface area contributed by atoms with Gasteiger partial charge in [0.15, 0.2) is 0 Å². The van der Waals surface area contributed by atoms with E-state index >= 15 is 0 Å². The Bertz CT molecular complexity index is 1110. The van der Waals surface area contributed by atoms with Crippen LogP contribution in [0, 0.1) is 19.7 Å². The largest absolute Gasteiger partial charge is 0.495 e. The maximum Gasteiger partial charge on any atom is 0.244 e. The highest BCUT2D eigenvalue weighted by molar-refractivity contribution is 7.89. The number of halogens is 2. The lowest BCUT2D eigenvalue weighted by atomic mass is 10.2. The summed E-state index contributed by atoms with van der Waals surface area (Å²) in [4.78, 5) is -0.0187. The molecule has 0 spiro atoms. The quantitative estimate of drug-likeness (QED) is 0.641. The smallest absolute Gasteiger partial charge is 0.244 e. The van der Waals surface area contributed by atoms with Gasteiger partial charge in [0.1, 0.15) is 16.5 Å². The summed E-state index contributed by atoms with van der Waals surface area (Å²) >= 11 is 5.95. The fourth-order valence-electron chi connectivity index (χ4n) is 3.11. The molecule has 2 aromatic carbocycles. The number of ether oxygens (including phenoxy) is 1. The molecule has 0 fully saturated rings. The minimum Gasteiger partial charge on any atom is -0.495 e. The van der Waals surface area contributed by atoms with Crippen molar-refractivity contribution in [2.24, 2.45) is 0 Å². The lowest BCUT2D eigenvalue weighted by molar-refractivity contribution is 0.402. The van der Waals surface area contributed by atoms with E-state index in [2.05, 4.69) is 4.72 Å². The number of hydrogen-bond acceptors (Lipinski definition) is 3. The van der Waals surface area contributed by atoms with Crippen LogP contribution in [0.1, 0.15) is 17.0 Å². The van der Waals surface area contributed by atoms with Gasteiger partial charge in [-0.2, -0.15) is 0 Å². The highest BCUT2D eigenvalue weighted by atomic mass is 35.5. The first-order valence-corrected chi connectivity index (χ1v) is 10.4. The van der Waals surface area contributed by atoms with Crippen LogP contribution in [-0.4, -0.2) is 20.1 Å². The van der Waals surface area contributed by atoms with Gasteiger partial charge < -0.3 is 9.30 Å². The van der Waals surface area contributed by atoms with Gasteiger partial charge in [-0.1, -0.05) is 11.6 Å². The first kappa shape index (κ1) is 20.4. The van der Waals surface area contributed by atoms with Crippen molar-refractivity contribution < 1.29 is 17.5 Å². The van der Waals surface area contributed by atoms with Crippen LogP contribution in [0.4, 0.5) is 4.39 Å². The zero-order chi connectivity index (χ0) is 20.5. The molecule has 0 aliphatic carbocycles. The van der Waals surface area contributed by atoms with Crippen molar-refractivity contribution in [1.82, 2.24) is 9.29 Å². The molecule has 1 heterocycles. The number of benzene rings is 2. The Kier molecular flexibility index (Phi) is 5.79. The van der Waals surface area contributed by atoms with E-state index in [1.165, 1.54) is 31.4 Å². The summed E-state index contributed by atoms with van der Waals surface area (Å²) in [6.07, 6.45) is 0. The highest BCUT2D eigenvalue weighted by Crippen LogP contribution is 2.27. The van der Waals surface area contributed by atoms with Gasteiger partial charge in [0.05, 0.1) is 7.11 Å². The van der Waals surface area contributed by atoms with E-state index in [0.29, 0.717) is 5.02 Å². The monoisotopic (exact) mass is 422 g/mol. The minimum atomic E-state index is -3.83. The molecule has 1 N–H and O–H groups in total. The van der Waals surface area contributed by atoms with Crippen LogP contribution < -0.4 is 9.46 Å². The molecule has 0 atom stereocenters. The van der Waals surface area contributed by atoms with Crippen molar-refractivity contribution in [3.05, 3.63) is 76.3 Å². The zero-order valence-corrected chi connectivity index (χ0v) is 17.2. The van der Waals surface area contributed by atoms with Gasteiger partial charge in [-0.3, -0.25) is 0 Å². The Morgan fingerprint density at radius 3 is 2.43 bits per heavy atom. The van der Waals surface area contributed by atoms with Gasteiger partial charge in [-0.15, -0.1) is 0 Å². The van der Waals surface area contributed by atoms with E-state index in [0.717, 1.165) is 22.6 Å². The van der Waals surface area contributed by atoms with E-state index in [4.69, 9.17) is 16.3 Å². The molecule has 3 aromatic rings. The SMILES string of the molecule is COc1ccc(Cl)cc1S(=O)(=O)NCc1cc(C)n(-c2ccc(F)cc2)c1C. The van der Waals surface area contributed by atoms with E-state index in [1.807, 2.05) is 24.5 Å². The summed E-state index contributed by atoms with van der Waals surface area (Å²) in [6, 6.07) is 12.5. The fraction of sp³-hybridized carbons (Fsp3) is 0.200. The Labute approximate surface area is 168 Å². The van der Waals surface area contributed by atoms with Crippen LogP contribution in [0.5, 0.6) is 5.75 Å². The van der Waals surface area contributed by atoms with Gasteiger partial charge >= 0.3 is 0 Å². The maximum absolute atomic E-state index is 13.2. The molecule has 8 heteroatoms. The first-order valence-electron chi connectivity index (χ1n) is 8.50. The third kappa shape index (κ3) is 4.06. The van der Waals surface area contributed by atoms with E-state index in [-0.39, 0.29) is 23.0 Å². The van der Waals surface area contributed by atoms with Crippen molar-refractivity contribution in [3.8, 4) is 11.4 Å². The number of aromatic nitrogens is 1. The van der Waals surface area contributed by atoms with Crippen molar-refractivity contribution in [2.45, 2.75) is 25.3 Å². The van der Waals surface area contributed by atoms with Gasteiger partial charge in [0.25, 0.3) is 0 Å². The average Bonchev–Trinajstić information content (AvgIpc) is 2.94. The number of rotatable bonds is 6. The molecule has 0 aliphatic rings. The zero-order valence-electron chi connectivity index (χ0n) is 15.7. The lowest BCUT2D eigenvalue weighted by Crippen LogP contribution is -2.24. The summed E-state index contributed by atoms with van der Waals surface area (Å²) in [5, 5.41) is 0.302. The molecule has 0 saturated heterocycles. The molecule has 0 saturated carbocycles. The fourth-order valence-corrected chi connectivity index (χ4v) is 4.54. The summed E-state index contributed by atoms with van der Waals surface area (Å²) in [5.74, 6) is -0.0941. The molecule has 0 radical (unpaired) electrons. The molecule has 1 aromatic heterocycles. The van der Waals surface area contributed by atoms with Gasteiger partial charge in [-0.25, -0.2) is 17.5 Å². The molecule has 0 bridgehead atoms. The third-order valence-corrected chi connectivity index (χ3v) is 6.15. The van der Waals surface area contributed by atoms with Gasteiger partial charge in [0.2, 0.25) is 10.0 Å². The molecule has 28 heavy (non-hydrogen) atoms. The molecular weight excluding hydrogens is 403 g/mol. The number of nitrogens with one attached hydrogen (secondary N) is 1. The molecule has 148 valence electrons. The predicted molar refractivity (Wildman–Crippen MR) is 107 cm³/mol. The minimum absolute atomic E-state index is 0.0187. The average molecular weight is 423 g/mol. The third-order valence-electron chi connectivity index (χ3n) is 4.49.